The van der Waals surface area contributed by atoms with Gasteiger partial charge in [0.15, 0.2) is 0 Å². The molecule has 0 aliphatic carbocycles. The molecule has 0 unspecified atom stereocenters. The number of carbonyl (C=O) groups is 1. The fraction of sp³-hybridized carbons (Fsp3) is 0.385. The van der Waals surface area contributed by atoms with E-state index in [0.717, 1.165) is 5.52 Å². The normalized spacial score (nSPS) is 12.6. The Balaban J connectivity index is 2.23. The van der Waals surface area contributed by atoms with Crippen LogP contribution < -0.4 is 5.32 Å². The van der Waals surface area contributed by atoms with Crippen LogP contribution in [0.25, 0.3) is 11.0 Å². The van der Waals surface area contributed by atoms with E-state index in [2.05, 4.69) is 10.3 Å². The molecule has 2 aromatic rings. The van der Waals surface area contributed by atoms with Gasteiger partial charge in [-0.25, -0.2) is 4.98 Å². The number of halogens is 1. The van der Waals surface area contributed by atoms with E-state index in [1.54, 1.807) is 16.7 Å². The van der Waals surface area contributed by atoms with Gasteiger partial charge in [-0.3, -0.25) is 4.79 Å². The molecule has 102 valence electrons. The summed E-state index contributed by atoms with van der Waals surface area (Å²) in [5.41, 5.74) is 2.10. The summed E-state index contributed by atoms with van der Waals surface area (Å²) in [6.07, 6.45) is 0.531. The Morgan fingerprint density at radius 1 is 1.58 bits per heavy atom. The van der Waals surface area contributed by atoms with Crippen LogP contribution in [0.1, 0.15) is 23.7 Å². The SMILES string of the molecule is C[C@H](CCO)NC(=O)c1ccc2c(c1)nc(Cl)n2C. The number of benzene rings is 1. The minimum Gasteiger partial charge on any atom is -0.396 e. The monoisotopic (exact) mass is 281 g/mol. The molecule has 1 amide bonds. The van der Waals surface area contributed by atoms with Crippen LogP contribution in [0.15, 0.2) is 18.2 Å². The first kappa shape index (κ1) is 13.8. The molecule has 1 atom stereocenters. The molecule has 2 N–H and O–H groups in total. The van der Waals surface area contributed by atoms with E-state index < -0.39 is 0 Å². The largest absolute Gasteiger partial charge is 0.396 e. The lowest BCUT2D eigenvalue weighted by molar-refractivity contribution is 0.0934. The van der Waals surface area contributed by atoms with Crippen LogP contribution >= 0.6 is 11.6 Å². The van der Waals surface area contributed by atoms with E-state index in [9.17, 15) is 4.79 Å². The third kappa shape index (κ3) is 2.88. The van der Waals surface area contributed by atoms with Crippen LogP contribution in [0.5, 0.6) is 0 Å². The number of hydrogen-bond donors (Lipinski definition) is 2. The van der Waals surface area contributed by atoms with Crippen LogP contribution in [0.2, 0.25) is 5.28 Å². The Morgan fingerprint density at radius 3 is 3.00 bits per heavy atom. The molecule has 0 aliphatic rings. The van der Waals surface area contributed by atoms with Gasteiger partial charge in [0.25, 0.3) is 5.91 Å². The van der Waals surface area contributed by atoms with Crippen LogP contribution in [0.4, 0.5) is 0 Å². The molecule has 6 heteroatoms. The fourth-order valence-electron chi connectivity index (χ4n) is 1.88. The van der Waals surface area contributed by atoms with Gasteiger partial charge < -0.3 is 15.0 Å². The Bertz CT molecular complexity index is 609. The second-order valence-electron chi connectivity index (χ2n) is 4.53. The van der Waals surface area contributed by atoms with E-state index >= 15 is 0 Å². The standard InChI is InChI=1S/C13H16ClN3O2/c1-8(5-6-18)15-12(19)9-3-4-11-10(7-9)16-13(14)17(11)2/h3-4,7-8,18H,5-6H2,1-2H3,(H,15,19)/t8-/m1/s1. The predicted molar refractivity (Wildman–Crippen MR) is 74.4 cm³/mol. The summed E-state index contributed by atoms with van der Waals surface area (Å²) in [6, 6.07) is 5.20. The average molecular weight is 282 g/mol. The molecule has 5 nitrogen and oxygen atoms in total. The van der Waals surface area contributed by atoms with Gasteiger partial charge in [0.1, 0.15) is 0 Å². The van der Waals surface area contributed by atoms with Gasteiger partial charge in [-0.2, -0.15) is 0 Å². The van der Waals surface area contributed by atoms with Crippen LogP contribution in [-0.4, -0.2) is 33.2 Å². The second-order valence-corrected chi connectivity index (χ2v) is 4.87. The van der Waals surface area contributed by atoms with E-state index in [-0.39, 0.29) is 18.6 Å². The minimum absolute atomic E-state index is 0.0519. The molecular formula is C13H16ClN3O2. The molecule has 0 aliphatic heterocycles. The van der Waals surface area contributed by atoms with Gasteiger partial charge in [0.05, 0.1) is 11.0 Å². The van der Waals surface area contributed by atoms with Gasteiger partial charge in [-0.15, -0.1) is 0 Å². The van der Waals surface area contributed by atoms with Crippen molar-refractivity contribution in [2.45, 2.75) is 19.4 Å². The third-order valence-corrected chi connectivity index (χ3v) is 3.37. The molecular weight excluding hydrogens is 266 g/mol. The predicted octanol–water partition coefficient (Wildman–Crippen LogP) is 1.73. The van der Waals surface area contributed by atoms with E-state index in [4.69, 9.17) is 16.7 Å². The van der Waals surface area contributed by atoms with Crippen molar-refractivity contribution >= 4 is 28.5 Å². The molecule has 1 aromatic carbocycles. The number of aliphatic hydroxyl groups is 1. The Hall–Kier alpha value is -1.59. The zero-order valence-electron chi connectivity index (χ0n) is 10.9. The molecule has 1 aromatic heterocycles. The molecule has 0 saturated carbocycles. The zero-order chi connectivity index (χ0) is 14.0. The summed E-state index contributed by atoms with van der Waals surface area (Å²) >= 11 is 5.93. The van der Waals surface area contributed by atoms with Crippen molar-refractivity contribution in [3.63, 3.8) is 0 Å². The van der Waals surface area contributed by atoms with Gasteiger partial charge in [-0.05, 0) is 43.1 Å². The van der Waals surface area contributed by atoms with E-state index in [1.165, 1.54) is 0 Å². The number of imidazole rings is 1. The number of nitrogens with one attached hydrogen (secondary N) is 1. The first-order chi connectivity index (χ1) is 9.02. The lowest BCUT2D eigenvalue weighted by Gasteiger charge is -2.12. The summed E-state index contributed by atoms with van der Waals surface area (Å²) in [4.78, 5) is 16.2. The Labute approximate surface area is 116 Å². The number of hydrogen-bond acceptors (Lipinski definition) is 3. The zero-order valence-corrected chi connectivity index (χ0v) is 11.6. The number of carbonyl (C=O) groups excluding carboxylic acids is 1. The number of aryl methyl sites for hydroxylation is 1. The lowest BCUT2D eigenvalue weighted by Crippen LogP contribution is -2.33. The highest BCUT2D eigenvalue weighted by molar-refractivity contribution is 6.29. The molecule has 0 radical (unpaired) electrons. The molecule has 2 rings (SSSR count). The number of fused-ring (bicyclic) bond motifs is 1. The topological polar surface area (TPSA) is 67.2 Å². The van der Waals surface area contributed by atoms with E-state index in [0.29, 0.717) is 22.8 Å². The van der Waals surface area contributed by atoms with Gasteiger partial charge in [0.2, 0.25) is 5.28 Å². The molecule has 0 bridgehead atoms. The lowest BCUT2D eigenvalue weighted by atomic mass is 10.1. The maximum absolute atomic E-state index is 12.0. The molecule has 0 saturated heterocycles. The second kappa shape index (κ2) is 5.59. The van der Waals surface area contributed by atoms with Crippen molar-refractivity contribution < 1.29 is 9.90 Å². The highest BCUT2D eigenvalue weighted by Crippen LogP contribution is 2.19. The number of nitrogens with zero attached hydrogens (tertiary/aromatic N) is 2. The van der Waals surface area contributed by atoms with Crippen LogP contribution in [-0.2, 0) is 7.05 Å². The highest BCUT2D eigenvalue weighted by atomic mass is 35.5. The Morgan fingerprint density at radius 2 is 2.32 bits per heavy atom. The molecule has 0 spiro atoms. The number of amides is 1. The summed E-state index contributed by atoms with van der Waals surface area (Å²) in [5, 5.41) is 12.0. The van der Waals surface area contributed by atoms with Gasteiger partial charge in [0, 0.05) is 25.3 Å². The van der Waals surface area contributed by atoms with Gasteiger partial charge in [-0.1, -0.05) is 0 Å². The fourth-order valence-corrected chi connectivity index (χ4v) is 2.07. The number of aliphatic hydroxyl groups excluding tert-OH is 1. The van der Waals surface area contributed by atoms with Gasteiger partial charge >= 0.3 is 0 Å². The van der Waals surface area contributed by atoms with Crippen molar-refractivity contribution in [2.75, 3.05) is 6.61 Å². The maximum atomic E-state index is 12.0. The van der Waals surface area contributed by atoms with Crippen molar-refractivity contribution in [3.8, 4) is 0 Å². The van der Waals surface area contributed by atoms with E-state index in [1.807, 2.05) is 20.0 Å². The molecule has 1 heterocycles. The van der Waals surface area contributed by atoms with Crippen molar-refractivity contribution in [3.05, 3.63) is 29.0 Å². The van der Waals surface area contributed by atoms with Crippen molar-refractivity contribution in [1.82, 2.24) is 14.9 Å². The summed E-state index contributed by atoms with van der Waals surface area (Å²) in [7, 11) is 1.82. The summed E-state index contributed by atoms with van der Waals surface area (Å²) < 4.78 is 1.76. The third-order valence-electron chi connectivity index (χ3n) is 3.03. The smallest absolute Gasteiger partial charge is 0.251 e. The first-order valence-electron chi connectivity index (χ1n) is 6.06. The van der Waals surface area contributed by atoms with Crippen molar-refractivity contribution in [1.29, 1.82) is 0 Å². The summed E-state index contributed by atoms with van der Waals surface area (Å²) in [6.45, 7) is 1.90. The molecule has 0 fully saturated rings. The van der Waals surface area contributed by atoms with Crippen molar-refractivity contribution in [2.24, 2.45) is 7.05 Å². The first-order valence-corrected chi connectivity index (χ1v) is 6.44. The summed E-state index contributed by atoms with van der Waals surface area (Å²) in [5.74, 6) is -0.176. The number of aromatic nitrogens is 2. The Kier molecular flexibility index (Phi) is 4.07. The maximum Gasteiger partial charge on any atom is 0.251 e. The average Bonchev–Trinajstić information content (AvgIpc) is 2.65. The van der Waals surface area contributed by atoms with Crippen LogP contribution in [0, 0.1) is 0 Å². The van der Waals surface area contributed by atoms with Crippen LogP contribution in [0.3, 0.4) is 0 Å². The quantitative estimate of drug-likeness (QED) is 0.897. The molecule has 19 heavy (non-hydrogen) atoms. The highest BCUT2D eigenvalue weighted by Gasteiger charge is 2.12. The number of rotatable bonds is 4. The minimum atomic E-state index is -0.176.